The lowest BCUT2D eigenvalue weighted by atomic mass is 10.2. The molecular weight excluding hydrogens is 401 g/mol. The summed E-state index contributed by atoms with van der Waals surface area (Å²) in [5, 5.41) is 2.57. The first-order chi connectivity index (χ1) is 13.7. The molecule has 0 saturated carbocycles. The van der Waals surface area contributed by atoms with Crippen LogP contribution in [0.1, 0.15) is 13.8 Å². The highest BCUT2D eigenvalue weighted by Crippen LogP contribution is 2.34. The number of nitrogens with zero attached hydrogens (tertiary/aromatic N) is 1. The van der Waals surface area contributed by atoms with Crippen LogP contribution in [0.25, 0.3) is 0 Å². The molecule has 0 spiro atoms. The molecule has 8 nitrogen and oxygen atoms in total. The Labute approximate surface area is 167 Å². The predicted molar refractivity (Wildman–Crippen MR) is 105 cm³/mol. The third kappa shape index (κ3) is 4.90. The maximum Gasteiger partial charge on any atom is 0.265 e. The fourth-order valence-electron chi connectivity index (χ4n) is 2.78. The van der Waals surface area contributed by atoms with Crippen molar-refractivity contribution in [2.24, 2.45) is 0 Å². The van der Waals surface area contributed by atoms with Gasteiger partial charge in [-0.15, -0.1) is 0 Å². The maximum absolute atomic E-state index is 13.0. The minimum Gasteiger partial charge on any atom is -0.482 e. The first kappa shape index (κ1) is 20.7. The highest BCUT2D eigenvalue weighted by molar-refractivity contribution is 7.89. The fourth-order valence-corrected chi connectivity index (χ4v) is 4.05. The maximum atomic E-state index is 13.0. The molecule has 10 heteroatoms. The zero-order chi connectivity index (χ0) is 21.2. The van der Waals surface area contributed by atoms with E-state index in [0.29, 0.717) is 11.4 Å². The summed E-state index contributed by atoms with van der Waals surface area (Å²) < 4.78 is 45.7. The minimum atomic E-state index is -3.79. The van der Waals surface area contributed by atoms with Crippen LogP contribution in [0, 0.1) is 5.82 Å². The molecule has 1 heterocycles. The Balaban J connectivity index is 1.85. The van der Waals surface area contributed by atoms with E-state index >= 15 is 0 Å². The van der Waals surface area contributed by atoms with E-state index < -0.39 is 27.7 Å². The van der Waals surface area contributed by atoms with Gasteiger partial charge in [-0.3, -0.25) is 14.5 Å². The van der Waals surface area contributed by atoms with Gasteiger partial charge in [0.2, 0.25) is 15.9 Å². The van der Waals surface area contributed by atoms with Crippen LogP contribution in [0.5, 0.6) is 5.75 Å². The molecule has 2 aromatic rings. The second kappa shape index (κ2) is 8.18. The monoisotopic (exact) mass is 421 g/mol. The molecule has 0 unspecified atom stereocenters. The van der Waals surface area contributed by atoms with Gasteiger partial charge in [-0.1, -0.05) is 0 Å². The Kier molecular flexibility index (Phi) is 5.85. The number of carbonyl (C=O) groups excluding carboxylic acids is 2. The van der Waals surface area contributed by atoms with E-state index in [4.69, 9.17) is 4.74 Å². The topological polar surface area (TPSA) is 105 Å². The Bertz CT molecular complexity index is 1040. The third-order valence-electron chi connectivity index (χ3n) is 4.00. The molecule has 154 valence electrons. The van der Waals surface area contributed by atoms with E-state index in [-0.39, 0.29) is 29.8 Å². The number of ether oxygens (including phenoxy) is 1. The lowest BCUT2D eigenvalue weighted by Crippen LogP contribution is -2.43. The van der Waals surface area contributed by atoms with Gasteiger partial charge in [-0.05, 0) is 56.3 Å². The first-order valence-electron chi connectivity index (χ1n) is 8.80. The quantitative estimate of drug-likeness (QED) is 0.741. The van der Waals surface area contributed by atoms with Gasteiger partial charge in [0.25, 0.3) is 5.91 Å². The zero-order valence-electron chi connectivity index (χ0n) is 15.8. The number of sulfonamides is 1. The summed E-state index contributed by atoms with van der Waals surface area (Å²) in [4.78, 5) is 25.8. The molecule has 0 aromatic heterocycles. The molecule has 2 amide bonds. The van der Waals surface area contributed by atoms with Gasteiger partial charge < -0.3 is 10.1 Å². The molecule has 0 atom stereocenters. The number of anilines is 2. The number of amides is 2. The lowest BCUT2D eigenvalue weighted by molar-refractivity contribution is -0.123. The standard InChI is InChI=1S/C19H20FN3O5S/c1-12(2)22-29(26,27)15-7-8-17-16(9-15)23(19(25)11-28-17)10-18(24)21-14-5-3-13(20)4-6-14/h3-9,12,22H,10-11H2,1-2H3,(H,21,24). The Morgan fingerprint density at radius 3 is 2.55 bits per heavy atom. The van der Waals surface area contributed by atoms with Crippen molar-refractivity contribution in [3.63, 3.8) is 0 Å². The van der Waals surface area contributed by atoms with E-state index in [1.54, 1.807) is 13.8 Å². The molecule has 29 heavy (non-hydrogen) atoms. The average molecular weight is 421 g/mol. The number of halogens is 1. The number of benzene rings is 2. The van der Waals surface area contributed by atoms with Crippen LogP contribution in [0.4, 0.5) is 15.8 Å². The normalized spacial score (nSPS) is 13.8. The molecule has 0 saturated heterocycles. The van der Waals surface area contributed by atoms with Gasteiger partial charge in [0.05, 0.1) is 10.6 Å². The highest BCUT2D eigenvalue weighted by atomic mass is 32.2. The van der Waals surface area contributed by atoms with E-state index in [1.165, 1.54) is 42.5 Å². The minimum absolute atomic E-state index is 0.0489. The van der Waals surface area contributed by atoms with Crippen LogP contribution >= 0.6 is 0 Å². The SMILES string of the molecule is CC(C)NS(=O)(=O)c1ccc2c(c1)N(CC(=O)Nc1ccc(F)cc1)C(=O)CO2. The molecule has 1 aliphatic rings. The molecule has 2 N–H and O–H groups in total. The number of fused-ring (bicyclic) bond motifs is 1. The van der Waals surface area contributed by atoms with Crippen molar-refractivity contribution in [1.82, 2.24) is 4.72 Å². The lowest BCUT2D eigenvalue weighted by Gasteiger charge is -2.29. The summed E-state index contributed by atoms with van der Waals surface area (Å²) >= 11 is 0. The van der Waals surface area contributed by atoms with E-state index in [9.17, 15) is 22.4 Å². The largest absolute Gasteiger partial charge is 0.482 e. The van der Waals surface area contributed by atoms with Gasteiger partial charge in [0.1, 0.15) is 18.1 Å². The first-order valence-corrected chi connectivity index (χ1v) is 10.3. The van der Waals surface area contributed by atoms with Gasteiger partial charge in [-0.25, -0.2) is 17.5 Å². The summed E-state index contributed by atoms with van der Waals surface area (Å²) in [6.45, 7) is 2.75. The van der Waals surface area contributed by atoms with Gasteiger partial charge in [0.15, 0.2) is 6.61 Å². The van der Waals surface area contributed by atoms with E-state index in [2.05, 4.69) is 10.0 Å². The molecule has 2 aromatic carbocycles. The van der Waals surface area contributed by atoms with Gasteiger partial charge in [0, 0.05) is 11.7 Å². The second-order valence-corrected chi connectivity index (χ2v) is 8.44. The number of hydrogen-bond acceptors (Lipinski definition) is 5. The third-order valence-corrected chi connectivity index (χ3v) is 5.66. The van der Waals surface area contributed by atoms with E-state index in [0.717, 1.165) is 4.90 Å². The number of hydrogen-bond donors (Lipinski definition) is 2. The molecule has 0 aliphatic carbocycles. The fraction of sp³-hybridized carbons (Fsp3) is 0.263. The van der Waals surface area contributed by atoms with Crippen molar-refractivity contribution < 1.29 is 27.1 Å². The van der Waals surface area contributed by atoms with Crippen molar-refractivity contribution in [3.8, 4) is 5.75 Å². The zero-order valence-corrected chi connectivity index (χ0v) is 16.6. The van der Waals surface area contributed by atoms with Gasteiger partial charge >= 0.3 is 0 Å². The predicted octanol–water partition coefficient (Wildman–Crippen LogP) is 1.88. The van der Waals surface area contributed by atoms with Crippen molar-refractivity contribution >= 4 is 33.2 Å². The Morgan fingerprint density at radius 1 is 1.21 bits per heavy atom. The summed E-state index contributed by atoms with van der Waals surface area (Å²) in [6, 6.07) is 8.98. The number of carbonyl (C=O) groups is 2. The molecule has 0 fully saturated rings. The smallest absolute Gasteiger partial charge is 0.265 e. The average Bonchev–Trinajstić information content (AvgIpc) is 2.64. The van der Waals surface area contributed by atoms with Crippen LogP contribution in [-0.4, -0.2) is 39.4 Å². The Morgan fingerprint density at radius 2 is 1.90 bits per heavy atom. The molecule has 0 bridgehead atoms. The summed E-state index contributed by atoms with van der Waals surface area (Å²) in [7, 11) is -3.79. The second-order valence-electron chi connectivity index (χ2n) is 6.73. The van der Waals surface area contributed by atoms with Crippen LogP contribution in [0.3, 0.4) is 0 Å². The van der Waals surface area contributed by atoms with Crippen molar-refractivity contribution in [3.05, 3.63) is 48.3 Å². The van der Waals surface area contributed by atoms with Crippen molar-refractivity contribution in [2.75, 3.05) is 23.4 Å². The highest BCUT2D eigenvalue weighted by Gasteiger charge is 2.29. The van der Waals surface area contributed by atoms with Gasteiger partial charge in [-0.2, -0.15) is 0 Å². The van der Waals surface area contributed by atoms with Crippen LogP contribution in [0.2, 0.25) is 0 Å². The van der Waals surface area contributed by atoms with E-state index in [1.807, 2.05) is 0 Å². The van der Waals surface area contributed by atoms with Crippen LogP contribution in [0.15, 0.2) is 47.4 Å². The van der Waals surface area contributed by atoms with Crippen molar-refractivity contribution in [1.29, 1.82) is 0 Å². The van der Waals surface area contributed by atoms with Crippen LogP contribution < -0.4 is 19.7 Å². The molecular formula is C19H20FN3O5S. The molecule has 0 radical (unpaired) electrons. The number of rotatable bonds is 6. The van der Waals surface area contributed by atoms with Crippen molar-refractivity contribution in [2.45, 2.75) is 24.8 Å². The van der Waals surface area contributed by atoms with Crippen LogP contribution in [-0.2, 0) is 19.6 Å². The number of nitrogens with one attached hydrogen (secondary N) is 2. The summed E-state index contributed by atoms with van der Waals surface area (Å²) in [5.41, 5.74) is 0.553. The summed E-state index contributed by atoms with van der Waals surface area (Å²) in [5.74, 6) is -1.16. The Hall–Kier alpha value is -2.98. The molecule has 1 aliphatic heterocycles. The summed E-state index contributed by atoms with van der Waals surface area (Å²) in [6.07, 6.45) is 0. The molecule has 3 rings (SSSR count).